The molecule has 0 spiro atoms. The van der Waals surface area contributed by atoms with Crippen LogP contribution in [0.4, 0.5) is 5.69 Å². The monoisotopic (exact) mass is 418 g/mol. The summed E-state index contributed by atoms with van der Waals surface area (Å²) in [5.41, 5.74) is 1.55. The molecule has 1 aromatic carbocycles. The van der Waals surface area contributed by atoms with Crippen molar-refractivity contribution < 1.29 is 0 Å². The molecule has 0 amide bonds. The van der Waals surface area contributed by atoms with Crippen molar-refractivity contribution in [3.8, 4) is 5.69 Å². The van der Waals surface area contributed by atoms with E-state index < -0.39 is 5.56 Å². The van der Waals surface area contributed by atoms with Crippen molar-refractivity contribution in [2.45, 2.75) is 45.7 Å². The highest BCUT2D eigenvalue weighted by molar-refractivity contribution is 6.33. The van der Waals surface area contributed by atoms with Crippen LogP contribution in [0.2, 0.25) is 10.0 Å². The summed E-state index contributed by atoms with van der Waals surface area (Å²) in [6.07, 6.45) is 5.95. The molecule has 3 aromatic rings. The first-order valence-electron chi connectivity index (χ1n) is 9.24. The molecule has 1 N–H and O–H groups in total. The highest BCUT2D eigenvalue weighted by Crippen LogP contribution is 2.21. The lowest BCUT2D eigenvalue weighted by Gasteiger charge is -2.12. The maximum Gasteiger partial charge on any atom is 0.292 e. The van der Waals surface area contributed by atoms with Crippen LogP contribution in [0.5, 0.6) is 0 Å². The number of fused-ring (bicyclic) bond motifs is 1. The van der Waals surface area contributed by atoms with Gasteiger partial charge in [0.2, 0.25) is 0 Å². The minimum Gasteiger partial charge on any atom is -0.375 e. The van der Waals surface area contributed by atoms with Crippen molar-refractivity contribution in [3.63, 3.8) is 0 Å². The number of nitrogens with zero attached hydrogens (tertiary/aromatic N) is 5. The van der Waals surface area contributed by atoms with Gasteiger partial charge >= 0.3 is 0 Å². The Bertz CT molecular complexity index is 1070. The summed E-state index contributed by atoms with van der Waals surface area (Å²) in [6, 6.07) is 5.31. The van der Waals surface area contributed by atoms with E-state index in [-0.39, 0.29) is 5.02 Å². The van der Waals surface area contributed by atoms with Crippen molar-refractivity contribution in [1.82, 2.24) is 24.5 Å². The summed E-state index contributed by atoms with van der Waals surface area (Å²) in [4.78, 5) is 12.7. The van der Waals surface area contributed by atoms with Gasteiger partial charge in [-0.1, -0.05) is 35.7 Å². The van der Waals surface area contributed by atoms with Crippen molar-refractivity contribution in [2.75, 3.05) is 5.32 Å². The van der Waals surface area contributed by atoms with E-state index >= 15 is 0 Å². The second-order valence-electron chi connectivity index (χ2n) is 6.87. The van der Waals surface area contributed by atoms with E-state index in [9.17, 15) is 4.79 Å². The quantitative estimate of drug-likeness (QED) is 0.697. The fourth-order valence-electron chi connectivity index (χ4n) is 3.30. The van der Waals surface area contributed by atoms with E-state index in [2.05, 4.69) is 25.2 Å². The smallest absolute Gasteiger partial charge is 0.292 e. The van der Waals surface area contributed by atoms with Crippen LogP contribution in [0.1, 0.15) is 36.5 Å². The molecule has 0 fully saturated rings. The molecule has 7 nitrogen and oxygen atoms in total. The number of nitrogens with one attached hydrogen (secondary N) is 1. The molecule has 0 atom stereocenters. The van der Waals surface area contributed by atoms with Crippen LogP contribution in [0.3, 0.4) is 0 Å². The molecule has 28 heavy (non-hydrogen) atoms. The SMILES string of the molecule is Cc1ccc(-n2ncc(NCc3nnc4n3CCCCC4)c(Cl)c2=O)cc1Cl. The molecule has 9 heteroatoms. The zero-order valence-electron chi connectivity index (χ0n) is 15.5. The number of hydrogen-bond donors (Lipinski definition) is 1. The van der Waals surface area contributed by atoms with Crippen LogP contribution in [0.25, 0.3) is 5.69 Å². The summed E-state index contributed by atoms with van der Waals surface area (Å²) in [7, 11) is 0. The number of anilines is 1. The molecule has 3 heterocycles. The standard InChI is InChI=1S/C19H20Cl2N6O/c1-12-6-7-13(9-14(12)20)27-19(28)18(21)15(10-23-27)22-11-17-25-24-16-5-3-2-4-8-26(16)17/h6-7,9-10,22H,2-5,8,11H2,1H3. The first kappa shape index (κ1) is 19.0. The molecule has 0 saturated carbocycles. The molecule has 0 saturated heterocycles. The van der Waals surface area contributed by atoms with E-state index in [1.807, 2.05) is 13.0 Å². The van der Waals surface area contributed by atoms with Crippen molar-refractivity contribution in [3.05, 3.63) is 62.0 Å². The fraction of sp³-hybridized carbons (Fsp3) is 0.368. The van der Waals surface area contributed by atoms with E-state index in [1.165, 1.54) is 17.3 Å². The maximum absolute atomic E-state index is 12.7. The third-order valence-electron chi connectivity index (χ3n) is 4.94. The van der Waals surface area contributed by atoms with Gasteiger partial charge in [-0.2, -0.15) is 9.78 Å². The molecule has 0 radical (unpaired) electrons. The molecular formula is C19H20Cl2N6O. The van der Waals surface area contributed by atoms with Gasteiger partial charge in [0, 0.05) is 18.0 Å². The number of hydrogen-bond acceptors (Lipinski definition) is 5. The zero-order valence-corrected chi connectivity index (χ0v) is 17.0. The van der Waals surface area contributed by atoms with Crippen LogP contribution < -0.4 is 10.9 Å². The molecule has 0 unspecified atom stereocenters. The maximum atomic E-state index is 12.7. The van der Waals surface area contributed by atoms with E-state index in [4.69, 9.17) is 23.2 Å². The Hall–Kier alpha value is -2.38. The van der Waals surface area contributed by atoms with Gasteiger partial charge in [0.1, 0.15) is 10.8 Å². The second-order valence-corrected chi connectivity index (χ2v) is 7.66. The Kier molecular flexibility index (Phi) is 5.37. The number of aryl methyl sites for hydroxylation is 2. The van der Waals surface area contributed by atoms with Gasteiger partial charge in [0.15, 0.2) is 5.82 Å². The lowest BCUT2D eigenvalue weighted by atomic mass is 10.2. The highest BCUT2D eigenvalue weighted by Gasteiger charge is 2.16. The summed E-state index contributed by atoms with van der Waals surface area (Å²) in [5.74, 6) is 1.85. The minimum absolute atomic E-state index is 0.0716. The van der Waals surface area contributed by atoms with Gasteiger partial charge in [0.05, 0.1) is 24.1 Å². The largest absolute Gasteiger partial charge is 0.375 e. The molecule has 1 aliphatic heterocycles. The molecule has 0 bridgehead atoms. The number of rotatable bonds is 4. The van der Waals surface area contributed by atoms with Crippen molar-refractivity contribution >= 4 is 28.9 Å². The van der Waals surface area contributed by atoms with Crippen LogP contribution in [0.15, 0.2) is 29.2 Å². The first-order chi connectivity index (χ1) is 13.5. The first-order valence-corrected chi connectivity index (χ1v) is 9.99. The Morgan fingerprint density at radius 3 is 2.86 bits per heavy atom. The highest BCUT2D eigenvalue weighted by atomic mass is 35.5. The lowest BCUT2D eigenvalue weighted by Crippen LogP contribution is -2.23. The van der Waals surface area contributed by atoms with Crippen LogP contribution in [-0.4, -0.2) is 24.5 Å². The fourth-order valence-corrected chi connectivity index (χ4v) is 3.67. The second kappa shape index (κ2) is 7.93. The predicted molar refractivity (Wildman–Crippen MR) is 109 cm³/mol. The minimum atomic E-state index is -0.411. The Morgan fingerprint density at radius 2 is 2.04 bits per heavy atom. The molecule has 1 aliphatic rings. The van der Waals surface area contributed by atoms with Gasteiger partial charge in [-0.05, 0) is 37.5 Å². The third-order valence-corrected chi connectivity index (χ3v) is 5.71. The molecule has 2 aromatic heterocycles. The van der Waals surface area contributed by atoms with Crippen LogP contribution in [0, 0.1) is 6.92 Å². The summed E-state index contributed by atoms with van der Waals surface area (Å²) in [5, 5.41) is 16.6. The summed E-state index contributed by atoms with van der Waals surface area (Å²) in [6.45, 7) is 3.24. The Morgan fingerprint density at radius 1 is 1.18 bits per heavy atom. The molecule has 4 rings (SSSR count). The molecular weight excluding hydrogens is 399 g/mol. The van der Waals surface area contributed by atoms with Crippen LogP contribution >= 0.6 is 23.2 Å². The predicted octanol–water partition coefficient (Wildman–Crippen LogP) is 3.78. The van der Waals surface area contributed by atoms with Gasteiger partial charge < -0.3 is 9.88 Å². The van der Waals surface area contributed by atoms with E-state index in [0.29, 0.717) is 22.9 Å². The van der Waals surface area contributed by atoms with Gasteiger partial charge in [-0.15, -0.1) is 10.2 Å². The van der Waals surface area contributed by atoms with Crippen LogP contribution in [-0.2, 0) is 19.5 Å². The van der Waals surface area contributed by atoms with Crippen molar-refractivity contribution in [2.24, 2.45) is 0 Å². The van der Waals surface area contributed by atoms with Gasteiger partial charge in [-0.25, -0.2) is 0 Å². The third kappa shape index (κ3) is 3.64. The average Bonchev–Trinajstić information content (AvgIpc) is 2.91. The van der Waals surface area contributed by atoms with Gasteiger partial charge in [0.25, 0.3) is 5.56 Å². The number of benzene rings is 1. The zero-order chi connectivity index (χ0) is 19.7. The van der Waals surface area contributed by atoms with E-state index in [0.717, 1.165) is 43.0 Å². The van der Waals surface area contributed by atoms with Gasteiger partial charge in [-0.3, -0.25) is 4.79 Å². The van der Waals surface area contributed by atoms with Crippen molar-refractivity contribution in [1.29, 1.82) is 0 Å². The van der Waals surface area contributed by atoms with E-state index in [1.54, 1.807) is 12.1 Å². The average molecular weight is 419 g/mol. The number of halogens is 2. The normalized spacial score (nSPS) is 13.8. The molecule has 146 valence electrons. The summed E-state index contributed by atoms with van der Waals surface area (Å²) < 4.78 is 3.39. The Balaban J connectivity index is 1.57. The topological polar surface area (TPSA) is 77.6 Å². The molecule has 0 aliphatic carbocycles. The summed E-state index contributed by atoms with van der Waals surface area (Å²) >= 11 is 12.5. The Labute approximate surface area is 172 Å². The number of aromatic nitrogens is 5. The lowest BCUT2D eigenvalue weighted by molar-refractivity contribution is 0.610.